The first-order chi connectivity index (χ1) is 14.2. The van der Waals surface area contributed by atoms with E-state index in [0.717, 1.165) is 13.0 Å². The summed E-state index contributed by atoms with van der Waals surface area (Å²) in [6.45, 7) is 8.78. The van der Waals surface area contributed by atoms with Gasteiger partial charge in [0.2, 0.25) is 0 Å². The Bertz CT molecular complexity index is 800. The van der Waals surface area contributed by atoms with Crippen molar-refractivity contribution in [2.45, 2.75) is 45.8 Å². The Morgan fingerprint density at radius 1 is 0.793 bits per heavy atom. The van der Waals surface area contributed by atoms with Crippen molar-refractivity contribution in [2.24, 2.45) is 0 Å². The second kappa shape index (κ2) is 10.9. The maximum atomic E-state index is 6.25. The fourth-order valence-corrected chi connectivity index (χ4v) is 4.04. The van der Waals surface area contributed by atoms with Crippen molar-refractivity contribution in [3.05, 3.63) is 107 Å². The number of nitrogens with one attached hydrogen (secondary N) is 1. The zero-order valence-corrected chi connectivity index (χ0v) is 17.9. The zero-order valence-electron chi connectivity index (χ0n) is 17.9. The predicted molar refractivity (Wildman–Crippen MR) is 122 cm³/mol. The molecule has 2 heteroatoms. The molecule has 0 aliphatic carbocycles. The van der Waals surface area contributed by atoms with E-state index in [2.05, 4.69) is 105 Å². The number of rotatable bonds is 10. The first-order valence-corrected chi connectivity index (χ1v) is 10.7. The standard InChI is InChI=1S/C27H33NO/c1-4-15-28-26(20-29-19-23-17-21(2)16-22(3)18-23)27(24-11-7-5-8-12-24)25-13-9-6-10-14-25/h5-14,16-18,26-28H,4,15,19-20H2,1-3H3. The van der Waals surface area contributed by atoms with E-state index in [9.17, 15) is 0 Å². The summed E-state index contributed by atoms with van der Waals surface area (Å²) in [5.41, 5.74) is 6.46. The molecule has 0 saturated carbocycles. The van der Waals surface area contributed by atoms with E-state index in [1.165, 1.54) is 27.8 Å². The molecule has 0 radical (unpaired) electrons. The SMILES string of the molecule is CCCNC(COCc1cc(C)cc(C)c1)C(c1ccccc1)c1ccccc1. The van der Waals surface area contributed by atoms with Crippen LogP contribution < -0.4 is 5.32 Å². The average Bonchev–Trinajstić information content (AvgIpc) is 2.73. The summed E-state index contributed by atoms with van der Waals surface area (Å²) in [4.78, 5) is 0. The Balaban J connectivity index is 1.80. The molecular weight excluding hydrogens is 354 g/mol. The number of aryl methyl sites for hydroxylation is 2. The molecule has 0 aromatic heterocycles. The first kappa shape index (κ1) is 21.3. The molecule has 1 atom stereocenters. The Morgan fingerprint density at radius 3 is 1.86 bits per heavy atom. The summed E-state index contributed by atoms with van der Waals surface area (Å²) in [6.07, 6.45) is 1.10. The highest BCUT2D eigenvalue weighted by atomic mass is 16.5. The van der Waals surface area contributed by atoms with Gasteiger partial charge in [-0.2, -0.15) is 0 Å². The molecule has 0 heterocycles. The van der Waals surface area contributed by atoms with E-state index >= 15 is 0 Å². The Hall–Kier alpha value is -2.42. The normalized spacial score (nSPS) is 12.3. The summed E-state index contributed by atoms with van der Waals surface area (Å²) in [6, 6.07) is 28.4. The van der Waals surface area contributed by atoms with Crippen molar-refractivity contribution in [1.29, 1.82) is 0 Å². The molecule has 3 aromatic carbocycles. The third-order valence-corrected chi connectivity index (χ3v) is 5.22. The van der Waals surface area contributed by atoms with Crippen LogP contribution in [0.2, 0.25) is 0 Å². The quantitative estimate of drug-likeness (QED) is 0.459. The molecule has 2 nitrogen and oxygen atoms in total. The van der Waals surface area contributed by atoms with Crippen LogP contribution >= 0.6 is 0 Å². The van der Waals surface area contributed by atoms with Gasteiger partial charge in [-0.05, 0) is 43.5 Å². The lowest BCUT2D eigenvalue weighted by Gasteiger charge is -2.29. The fourth-order valence-electron chi connectivity index (χ4n) is 4.04. The number of hydrogen-bond acceptors (Lipinski definition) is 2. The van der Waals surface area contributed by atoms with Crippen molar-refractivity contribution >= 4 is 0 Å². The summed E-state index contributed by atoms with van der Waals surface area (Å²) >= 11 is 0. The van der Waals surface area contributed by atoms with Crippen molar-refractivity contribution < 1.29 is 4.74 Å². The molecule has 29 heavy (non-hydrogen) atoms. The van der Waals surface area contributed by atoms with Gasteiger partial charge in [0.1, 0.15) is 0 Å². The highest BCUT2D eigenvalue weighted by molar-refractivity contribution is 5.34. The highest BCUT2D eigenvalue weighted by Gasteiger charge is 2.24. The smallest absolute Gasteiger partial charge is 0.0717 e. The van der Waals surface area contributed by atoms with Gasteiger partial charge in [0, 0.05) is 12.0 Å². The van der Waals surface area contributed by atoms with Crippen LogP contribution in [-0.4, -0.2) is 19.2 Å². The molecule has 0 aliphatic heterocycles. The fraction of sp³-hybridized carbons (Fsp3) is 0.333. The van der Waals surface area contributed by atoms with E-state index in [0.29, 0.717) is 13.2 Å². The lowest BCUT2D eigenvalue weighted by Crippen LogP contribution is -2.40. The van der Waals surface area contributed by atoms with Crippen LogP contribution in [0.5, 0.6) is 0 Å². The van der Waals surface area contributed by atoms with E-state index in [4.69, 9.17) is 4.74 Å². The molecule has 0 spiro atoms. The molecule has 0 fully saturated rings. The second-order valence-corrected chi connectivity index (χ2v) is 7.87. The maximum Gasteiger partial charge on any atom is 0.0717 e. The zero-order chi connectivity index (χ0) is 20.5. The lowest BCUT2D eigenvalue weighted by molar-refractivity contribution is 0.0942. The third kappa shape index (κ3) is 6.28. The molecule has 0 amide bonds. The monoisotopic (exact) mass is 387 g/mol. The minimum Gasteiger partial charge on any atom is -0.375 e. The van der Waals surface area contributed by atoms with E-state index in [1.807, 2.05) is 0 Å². The van der Waals surface area contributed by atoms with Crippen LogP contribution in [0.3, 0.4) is 0 Å². The van der Waals surface area contributed by atoms with Crippen molar-refractivity contribution in [2.75, 3.05) is 13.2 Å². The van der Waals surface area contributed by atoms with Crippen LogP contribution in [-0.2, 0) is 11.3 Å². The van der Waals surface area contributed by atoms with Gasteiger partial charge < -0.3 is 10.1 Å². The van der Waals surface area contributed by atoms with Crippen LogP contribution in [0, 0.1) is 13.8 Å². The van der Waals surface area contributed by atoms with E-state index in [1.54, 1.807) is 0 Å². The second-order valence-electron chi connectivity index (χ2n) is 7.87. The molecule has 0 aliphatic rings. The van der Waals surface area contributed by atoms with Gasteiger partial charge in [-0.1, -0.05) is 96.9 Å². The van der Waals surface area contributed by atoms with Gasteiger partial charge in [0.05, 0.1) is 13.2 Å². The van der Waals surface area contributed by atoms with Gasteiger partial charge in [-0.15, -0.1) is 0 Å². The van der Waals surface area contributed by atoms with Crippen molar-refractivity contribution in [3.8, 4) is 0 Å². The summed E-state index contributed by atoms with van der Waals surface area (Å²) in [7, 11) is 0. The lowest BCUT2D eigenvalue weighted by atomic mass is 9.85. The minimum atomic E-state index is 0.214. The minimum absolute atomic E-state index is 0.214. The Labute approximate surface area is 175 Å². The van der Waals surface area contributed by atoms with Crippen LogP contribution in [0.15, 0.2) is 78.9 Å². The average molecular weight is 388 g/mol. The summed E-state index contributed by atoms with van der Waals surface area (Å²) in [5, 5.41) is 3.75. The highest BCUT2D eigenvalue weighted by Crippen LogP contribution is 2.28. The third-order valence-electron chi connectivity index (χ3n) is 5.22. The molecule has 152 valence electrons. The van der Waals surface area contributed by atoms with Crippen LogP contribution in [0.25, 0.3) is 0 Å². The maximum absolute atomic E-state index is 6.25. The summed E-state index contributed by atoms with van der Waals surface area (Å²) in [5.74, 6) is 0.253. The van der Waals surface area contributed by atoms with Gasteiger partial charge >= 0.3 is 0 Å². The molecule has 1 N–H and O–H groups in total. The van der Waals surface area contributed by atoms with Crippen LogP contribution in [0.4, 0.5) is 0 Å². The van der Waals surface area contributed by atoms with Gasteiger partial charge in [0.25, 0.3) is 0 Å². The Kier molecular flexibility index (Phi) is 8.03. The van der Waals surface area contributed by atoms with Gasteiger partial charge in [-0.25, -0.2) is 0 Å². The van der Waals surface area contributed by atoms with Crippen molar-refractivity contribution in [3.63, 3.8) is 0 Å². The molecule has 3 rings (SSSR count). The van der Waals surface area contributed by atoms with Crippen LogP contribution in [0.1, 0.15) is 47.1 Å². The van der Waals surface area contributed by atoms with E-state index in [-0.39, 0.29) is 12.0 Å². The molecule has 3 aromatic rings. The topological polar surface area (TPSA) is 21.3 Å². The molecule has 0 saturated heterocycles. The Morgan fingerprint density at radius 2 is 1.34 bits per heavy atom. The predicted octanol–water partition coefficient (Wildman–Crippen LogP) is 6.02. The van der Waals surface area contributed by atoms with Gasteiger partial charge in [-0.3, -0.25) is 0 Å². The number of benzene rings is 3. The van der Waals surface area contributed by atoms with E-state index < -0.39 is 0 Å². The number of hydrogen-bond donors (Lipinski definition) is 1. The largest absolute Gasteiger partial charge is 0.375 e. The molecule has 1 unspecified atom stereocenters. The van der Waals surface area contributed by atoms with Crippen molar-refractivity contribution in [1.82, 2.24) is 5.32 Å². The number of ether oxygens (including phenoxy) is 1. The first-order valence-electron chi connectivity index (χ1n) is 10.7. The summed E-state index contributed by atoms with van der Waals surface area (Å²) < 4.78 is 6.25. The molecular formula is C27H33NO. The van der Waals surface area contributed by atoms with Gasteiger partial charge in [0.15, 0.2) is 0 Å². The molecule has 0 bridgehead atoms.